The minimum Gasteiger partial charge on any atom is -0.456 e. The summed E-state index contributed by atoms with van der Waals surface area (Å²) >= 11 is 4.83. The van der Waals surface area contributed by atoms with Crippen LogP contribution in [0.3, 0.4) is 0 Å². The van der Waals surface area contributed by atoms with Gasteiger partial charge in [-0.2, -0.15) is 0 Å². The molecule has 1 fully saturated rings. The lowest BCUT2D eigenvalue weighted by Crippen LogP contribution is -2.21. The van der Waals surface area contributed by atoms with E-state index in [1.165, 1.54) is 12.1 Å². The van der Waals surface area contributed by atoms with Gasteiger partial charge in [-0.1, -0.05) is 12.1 Å². The van der Waals surface area contributed by atoms with Crippen molar-refractivity contribution in [1.29, 1.82) is 0 Å². The van der Waals surface area contributed by atoms with Crippen molar-refractivity contribution in [3.05, 3.63) is 58.0 Å². The Morgan fingerprint density at radius 2 is 1.95 bits per heavy atom. The molecule has 1 aromatic carbocycles. The second-order valence-corrected chi connectivity index (χ2v) is 4.85. The van der Waals surface area contributed by atoms with E-state index in [-0.39, 0.29) is 22.4 Å². The molecule has 0 aliphatic carbocycles. The minimum atomic E-state index is -0.472. The molecule has 0 unspecified atom stereocenters. The molecule has 3 rings (SSSR count). The van der Waals surface area contributed by atoms with Crippen LogP contribution >= 0.6 is 12.2 Å². The number of carbonyl (C=O) groups is 1. The van der Waals surface area contributed by atoms with Crippen LogP contribution in [0.15, 0.2) is 46.5 Å². The summed E-state index contributed by atoms with van der Waals surface area (Å²) in [6.45, 7) is 0. The molecule has 1 aromatic heterocycles. The number of rotatable bonds is 3. The Kier molecular flexibility index (Phi) is 3.43. The number of nitrogens with zero attached hydrogens (tertiary/aromatic N) is 1. The summed E-state index contributed by atoms with van der Waals surface area (Å²) in [6, 6.07) is 9.51. The Bertz CT molecular complexity index is 825. The van der Waals surface area contributed by atoms with Crippen LogP contribution in [0.2, 0.25) is 0 Å². The molecule has 2 N–H and O–H groups in total. The van der Waals surface area contributed by atoms with Crippen molar-refractivity contribution >= 4 is 35.0 Å². The number of nitro benzene ring substituents is 1. The highest BCUT2D eigenvalue weighted by molar-refractivity contribution is 7.80. The fourth-order valence-electron chi connectivity index (χ4n) is 2.04. The topological polar surface area (TPSA) is 97.4 Å². The molecule has 1 aliphatic heterocycles. The Hall–Kier alpha value is -3.00. The molecule has 0 radical (unpaired) electrons. The number of nitrogens with one attached hydrogen (secondary N) is 2. The summed E-state index contributed by atoms with van der Waals surface area (Å²) < 4.78 is 5.56. The normalized spacial score (nSPS) is 15.7. The summed E-state index contributed by atoms with van der Waals surface area (Å²) in [7, 11) is 0. The molecule has 110 valence electrons. The monoisotopic (exact) mass is 315 g/mol. The Morgan fingerprint density at radius 3 is 2.64 bits per heavy atom. The first-order valence-electron chi connectivity index (χ1n) is 6.22. The van der Waals surface area contributed by atoms with Crippen molar-refractivity contribution in [3.63, 3.8) is 0 Å². The van der Waals surface area contributed by atoms with E-state index in [2.05, 4.69) is 10.6 Å². The van der Waals surface area contributed by atoms with Gasteiger partial charge in [-0.05, 0) is 30.4 Å². The second-order valence-electron chi connectivity index (χ2n) is 4.44. The number of para-hydroxylation sites is 1. The van der Waals surface area contributed by atoms with Crippen LogP contribution in [0.4, 0.5) is 5.69 Å². The molecule has 8 heteroatoms. The maximum Gasteiger partial charge on any atom is 0.280 e. The summed E-state index contributed by atoms with van der Waals surface area (Å²) in [5, 5.41) is 16.4. The zero-order valence-corrected chi connectivity index (χ0v) is 11.8. The van der Waals surface area contributed by atoms with Crippen LogP contribution in [-0.4, -0.2) is 15.9 Å². The number of furan rings is 1. The molecule has 7 nitrogen and oxygen atoms in total. The lowest BCUT2D eigenvalue weighted by molar-refractivity contribution is -0.384. The lowest BCUT2D eigenvalue weighted by Gasteiger charge is -1.98. The molecule has 0 atom stereocenters. The zero-order valence-electron chi connectivity index (χ0n) is 11.0. The highest BCUT2D eigenvalue weighted by Crippen LogP contribution is 2.31. The smallest absolute Gasteiger partial charge is 0.280 e. The number of thiocarbonyl (C=S) groups is 1. The summed E-state index contributed by atoms with van der Waals surface area (Å²) in [4.78, 5) is 22.1. The largest absolute Gasteiger partial charge is 0.456 e. The molecule has 1 amide bonds. The highest BCUT2D eigenvalue weighted by Gasteiger charge is 2.21. The molecular weight excluding hydrogens is 306 g/mol. The fraction of sp³-hybridized carbons (Fsp3) is 0. The maximum absolute atomic E-state index is 11.5. The van der Waals surface area contributed by atoms with E-state index in [1.807, 2.05) is 0 Å². The number of benzene rings is 1. The average Bonchev–Trinajstić information content (AvgIpc) is 3.06. The summed E-state index contributed by atoms with van der Waals surface area (Å²) in [5.74, 6) is 0.379. The number of carbonyl (C=O) groups excluding carboxylic acids is 1. The molecule has 1 saturated heterocycles. The molecule has 2 aromatic rings. The molecular formula is C14H9N3O4S. The third-order valence-corrected chi connectivity index (χ3v) is 3.20. The van der Waals surface area contributed by atoms with E-state index in [0.717, 1.165) is 0 Å². The number of nitro groups is 1. The van der Waals surface area contributed by atoms with Crippen molar-refractivity contribution < 1.29 is 14.1 Å². The van der Waals surface area contributed by atoms with Gasteiger partial charge in [-0.25, -0.2) is 0 Å². The molecule has 0 saturated carbocycles. The van der Waals surface area contributed by atoms with E-state index in [4.69, 9.17) is 16.6 Å². The van der Waals surface area contributed by atoms with Gasteiger partial charge in [0.2, 0.25) is 0 Å². The van der Waals surface area contributed by atoms with Gasteiger partial charge in [0, 0.05) is 12.1 Å². The molecule has 0 bridgehead atoms. The Labute approximate surface area is 129 Å². The predicted octanol–water partition coefficient (Wildman–Crippen LogP) is 2.20. The van der Waals surface area contributed by atoms with E-state index in [0.29, 0.717) is 17.1 Å². The Morgan fingerprint density at radius 1 is 1.18 bits per heavy atom. The van der Waals surface area contributed by atoms with Gasteiger partial charge in [-0.15, -0.1) is 0 Å². The first-order valence-corrected chi connectivity index (χ1v) is 6.63. The maximum atomic E-state index is 11.5. The molecule has 2 heterocycles. The van der Waals surface area contributed by atoms with Gasteiger partial charge < -0.3 is 9.73 Å². The van der Waals surface area contributed by atoms with Crippen LogP contribution in [-0.2, 0) is 4.79 Å². The van der Waals surface area contributed by atoms with Crippen molar-refractivity contribution in [2.45, 2.75) is 0 Å². The molecule has 0 spiro atoms. The fourth-order valence-corrected chi connectivity index (χ4v) is 2.24. The van der Waals surface area contributed by atoms with Crippen LogP contribution in [0, 0.1) is 10.1 Å². The second kappa shape index (κ2) is 5.41. The lowest BCUT2D eigenvalue weighted by atomic mass is 10.1. The summed E-state index contributed by atoms with van der Waals surface area (Å²) in [6.07, 6.45) is 1.48. The van der Waals surface area contributed by atoms with Gasteiger partial charge in [0.15, 0.2) is 5.11 Å². The number of hydrogen-bond donors (Lipinski definition) is 2. The van der Waals surface area contributed by atoms with Gasteiger partial charge in [0.25, 0.3) is 11.6 Å². The number of amides is 1. The third kappa shape index (κ3) is 2.59. The van der Waals surface area contributed by atoms with E-state index in [9.17, 15) is 14.9 Å². The first-order chi connectivity index (χ1) is 10.5. The van der Waals surface area contributed by atoms with Crippen molar-refractivity contribution in [1.82, 2.24) is 10.6 Å². The average molecular weight is 315 g/mol. The predicted molar refractivity (Wildman–Crippen MR) is 82.7 cm³/mol. The minimum absolute atomic E-state index is 0.0473. The van der Waals surface area contributed by atoms with Crippen LogP contribution in [0.5, 0.6) is 0 Å². The van der Waals surface area contributed by atoms with Gasteiger partial charge in [0.05, 0.1) is 10.5 Å². The van der Waals surface area contributed by atoms with Crippen molar-refractivity contribution in [3.8, 4) is 11.3 Å². The number of hydrogen-bond acceptors (Lipinski definition) is 5. The van der Waals surface area contributed by atoms with Gasteiger partial charge in [-0.3, -0.25) is 20.2 Å². The molecule has 1 aliphatic rings. The van der Waals surface area contributed by atoms with Crippen molar-refractivity contribution in [2.75, 3.05) is 0 Å². The van der Waals surface area contributed by atoms with Crippen LogP contribution < -0.4 is 10.6 Å². The summed E-state index contributed by atoms with van der Waals surface area (Å²) in [5.41, 5.74) is 0.582. The highest BCUT2D eigenvalue weighted by atomic mass is 32.1. The Balaban J connectivity index is 1.95. The quantitative estimate of drug-likeness (QED) is 0.390. The zero-order chi connectivity index (χ0) is 15.7. The first kappa shape index (κ1) is 14.0. The molecule has 22 heavy (non-hydrogen) atoms. The van der Waals surface area contributed by atoms with E-state index < -0.39 is 4.92 Å². The standard InChI is InChI=1S/C14H9N3O4S/c18-13-10(15-14(22)16-13)7-8-5-6-12(21-8)9-3-1-2-4-11(9)17(19)20/h1-7H,(H2,15,16,18,22)/b10-7-. The van der Waals surface area contributed by atoms with Crippen LogP contribution in [0.25, 0.3) is 17.4 Å². The van der Waals surface area contributed by atoms with Crippen LogP contribution in [0.1, 0.15) is 5.76 Å². The van der Waals surface area contributed by atoms with E-state index >= 15 is 0 Å². The SMILES string of the molecule is O=C1NC(=S)N/C1=C\c1ccc(-c2ccccc2[N+](=O)[O-])o1. The van der Waals surface area contributed by atoms with Gasteiger partial charge in [0.1, 0.15) is 17.2 Å². The third-order valence-electron chi connectivity index (χ3n) is 3.00. The van der Waals surface area contributed by atoms with Gasteiger partial charge >= 0.3 is 0 Å². The van der Waals surface area contributed by atoms with Crippen molar-refractivity contribution in [2.24, 2.45) is 0 Å². The van der Waals surface area contributed by atoms with E-state index in [1.54, 1.807) is 30.3 Å².